The first kappa shape index (κ1) is 13.5. The molecule has 102 valence electrons. The third-order valence-corrected chi connectivity index (χ3v) is 2.58. The van der Waals surface area contributed by atoms with Crippen LogP contribution in [0, 0.1) is 0 Å². The van der Waals surface area contributed by atoms with Gasteiger partial charge >= 0.3 is 5.97 Å². The van der Waals surface area contributed by atoms with Crippen LogP contribution < -0.4 is 5.32 Å². The van der Waals surface area contributed by atoms with Gasteiger partial charge in [0.15, 0.2) is 5.78 Å². The van der Waals surface area contributed by atoms with Crippen LogP contribution >= 0.6 is 0 Å². The van der Waals surface area contributed by atoms with E-state index in [0.29, 0.717) is 5.56 Å². The van der Waals surface area contributed by atoms with Crippen molar-refractivity contribution in [1.82, 2.24) is 9.97 Å². The molecule has 0 unspecified atom stereocenters. The largest absolute Gasteiger partial charge is 0.478 e. The van der Waals surface area contributed by atoms with E-state index in [4.69, 9.17) is 5.11 Å². The normalized spacial score (nSPS) is 10.1. The second-order valence-electron chi connectivity index (χ2n) is 4.08. The quantitative estimate of drug-likeness (QED) is 0.732. The van der Waals surface area contributed by atoms with Crippen LogP contribution in [0.1, 0.15) is 38.1 Å². The van der Waals surface area contributed by atoms with Crippen molar-refractivity contribution in [3.63, 3.8) is 0 Å². The van der Waals surface area contributed by atoms with Gasteiger partial charge in [0.2, 0.25) is 0 Å². The van der Waals surface area contributed by atoms with E-state index < -0.39 is 11.9 Å². The Kier molecular flexibility index (Phi) is 3.60. The maximum absolute atomic E-state index is 11.9. The number of pyridine rings is 1. The number of hydrogen-bond donors (Lipinski definition) is 3. The lowest BCUT2D eigenvalue weighted by Gasteiger charge is -2.03. The van der Waals surface area contributed by atoms with Crippen molar-refractivity contribution >= 4 is 23.3 Å². The summed E-state index contributed by atoms with van der Waals surface area (Å²) in [5.41, 5.74) is 0.830. The molecule has 0 bridgehead atoms. The molecule has 20 heavy (non-hydrogen) atoms. The van der Waals surface area contributed by atoms with E-state index in [9.17, 15) is 14.4 Å². The zero-order valence-corrected chi connectivity index (χ0v) is 10.5. The second kappa shape index (κ2) is 5.35. The van der Waals surface area contributed by atoms with Crippen LogP contribution in [-0.4, -0.2) is 32.7 Å². The van der Waals surface area contributed by atoms with E-state index in [2.05, 4.69) is 15.3 Å². The van der Waals surface area contributed by atoms with Gasteiger partial charge in [-0.3, -0.25) is 14.6 Å². The highest BCUT2D eigenvalue weighted by atomic mass is 16.4. The van der Waals surface area contributed by atoms with Crippen molar-refractivity contribution in [3.8, 4) is 0 Å². The number of aromatic carboxylic acids is 1. The summed E-state index contributed by atoms with van der Waals surface area (Å²) in [5, 5.41) is 11.3. The Hall–Kier alpha value is -2.96. The second-order valence-corrected chi connectivity index (χ2v) is 4.08. The van der Waals surface area contributed by atoms with Crippen molar-refractivity contribution in [1.29, 1.82) is 0 Å². The molecule has 3 N–H and O–H groups in total. The number of carbonyl (C=O) groups excluding carboxylic acids is 2. The molecule has 1 amide bonds. The number of carboxylic acids is 1. The first-order valence-electron chi connectivity index (χ1n) is 5.66. The zero-order valence-electron chi connectivity index (χ0n) is 10.5. The summed E-state index contributed by atoms with van der Waals surface area (Å²) in [4.78, 5) is 40.2. The molecule has 2 rings (SSSR count). The average molecular weight is 273 g/mol. The van der Waals surface area contributed by atoms with Gasteiger partial charge in [0.1, 0.15) is 5.69 Å². The maximum Gasteiger partial charge on any atom is 0.337 e. The molecule has 2 aromatic rings. The van der Waals surface area contributed by atoms with Crippen LogP contribution in [-0.2, 0) is 0 Å². The van der Waals surface area contributed by atoms with Crippen molar-refractivity contribution in [2.75, 3.05) is 5.32 Å². The van der Waals surface area contributed by atoms with Gasteiger partial charge in [-0.25, -0.2) is 4.79 Å². The van der Waals surface area contributed by atoms with Crippen molar-refractivity contribution < 1.29 is 19.5 Å². The van der Waals surface area contributed by atoms with E-state index in [-0.39, 0.29) is 22.7 Å². The molecule has 2 heterocycles. The average Bonchev–Trinajstić information content (AvgIpc) is 2.88. The van der Waals surface area contributed by atoms with Crippen molar-refractivity contribution in [2.45, 2.75) is 6.92 Å². The summed E-state index contributed by atoms with van der Waals surface area (Å²) in [6.45, 7) is 1.39. The topological polar surface area (TPSA) is 112 Å². The Bertz CT molecular complexity index is 690. The molecule has 7 heteroatoms. The minimum atomic E-state index is -1.13. The third-order valence-electron chi connectivity index (χ3n) is 2.58. The Morgan fingerprint density at radius 1 is 1.20 bits per heavy atom. The van der Waals surface area contributed by atoms with Gasteiger partial charge in [-0.05, 0) is 19.1 Å². The highest BCUT2D eigenvalue weighted by Crippen LogP contribution is 2.11. The smallest absolute Gasteiger partial charge is 0.337 e. The number of aromatic nitrogens is 2. The summed E-state index contributed by atoms with van der Waals surface area (Å²) in [5.74, 6) is -1.77. The number of rotatable bonds is 4. The van der Waals surface area contributed by atoms with Gasteiger partial charge in [-0.1, -0.05) is 0 Å². The summed E-state index contributed by atoms with van der Waals surface area (Å²) in [6.07, 6.45) is 3.95. The summed E-state index contributed by atoms with van der Waals surface area (Å²) in [7, 11) is 0. The number of carbonyl (C=O) groups is 3. The standard InChI is InChI=1S/C13H11N3O4/c1-7(17)8-3-11(15-5-8)12(18)16-10-2-9(13(19)20)4-14-6-10/h2-6,15H,1H3,(H,16,18)(H,19,20). The minimum Gasteiger partial charge on any atom is -0.478 e. The Morgan fingerprint density at radius 3 is 2.55 bits per heavy atom. The molecule has 0 aliphatic heterocycles. The Balaban J connectivity index is 2.16. The lowest BCUT2D eigenvalue weighted by atomic mass is 10.2. The minimum absolute atomic E-state index is 0.0290. The molecule has 0 aliphatic carbocycles. The Labute approximate surface area is 113 Å². The number of anilines is 1. The number of H-pyrrole nitrogens is 1. The SMILES string of the molecule is CC(=O)c1c[nH]c(C(=O)Nc2cncc(C(=O)O)c2)c1. The number of amides is 1. The summed E-state index contributed by atoms with van der Waals surface area (Å²) >= 11 is 0. The number of ketones is 1. The first-order chi connectivity index (χ1) is 9.47. The molecular weight excluding hydrogens is 262 g/mol. The van der Waals surface area contributed by atoms with Crippen LogP contribution in [0.3, 0.4) is 0 Å². The van der Waals surface area contributed by atoms with Gasteiger partial charge in [0, 0.05) is 18.0 Å². The van der Waals surface area contributed by atoms with Gasteiger partial charge < -0.3 is 15.4 Å². The fraction of sp³-hybridized carbons (Fsp3) is 0.0769. The predicted molar refractivity (Wildman–Crippen MR) is 69.9 cm³/mol. The van der Waals surface area contributed by atoms with Crippen molar-refractivity contribution in [3.05, 3.63) is 47.5 Å². The lowest BCUT2D eigenvalue weighted by Crippen LogP contribution is -2.13. The monoisotopic (exact) mass is 273 g/mol. The number of nitrogens with zero attached hydrogens (tertiary/aromatic N) is 1. The van der Waals surface area contributed by atoms with Crippen LogP contribution in [0.5, 0.6) is 0 Å². The molecule has 0 saturated heterocycles. The zero-order chi connectivity index (χ0) is 14.7. The third kappa shape index (κ3) is 2.89. The van der Waals surface area contributed by atoms with Gasteiger partial charge in [0.25, 0.3) is 5.91 Å². The van der Waals surface area contributed by atoms with E-state index in [1.807, 2.05) is 0 Å². The number of hydrogen-bond acceptors (Lipinski definition) is 4. The lowest BCUT2D eigenvalue weighted by molar-refractivity contribution is 0.0696. The summed E-state index contributed by atoms with van der Waals surface area (Å²) < 4.78 is 0. The molecule has 0 saturated carbocycles. The van der Waals surface area contributed by atoms with Gasteiger partial charge in [-0.2, -0.15) is 0 Å². The fourth-order valence-corrected chi connectivity index (χ4v) is 1.55. The molecule has 0 atom stereocenters. The molecule has 0 fully saturated rings. The van der Waals surface area contributed by atoms with Crippen molar-refractivity contribution in [2.24, 2.45) is 0 Å². The van der Waals surface area contributed by atoms with E-state index in [1.165, 1.54) is 37.6 Å². The number of nitrogens with one attached hydrogen (secondary N) is 2. The molecule has 0 aliphatic rings. The fourth-order valence-electron chi connectivity index (χ4n) is 1.55. The van der Waals surface area contributed by atoms with Crippen LogP contribution in [0.4, 0.5) is 5.69 Å². The molecule has 7 nitrogen and oxygen atoms in total. The van der Waals surface area contributed by atoms with Crippen LogP contribution in [0.25, 0.3) is 0 Å². The van der Waals surface area contributed by atoms with Gasteiger partial charge in [-0.15, -0.1) is 0 Å². The Morgan fingerprint density at radius 2 is 1.95 bits per heavy atom. The summed E-state index contributed by atoms with van der Waals surface area (Å²) in [6, 6.07) is 2.72. The molecule has 2 aromatic heterocycles. The molecule has 0 spiro atoms. The van der Waals surface area contributed by atoms with E-state index in [1.54, 1.807) is 0 Å². The molecule has 0 aromatic carbocycles. The van der Waals surface area contributed by atoms with Gasteiger partial charge in [0.05, 0.1) is 17.4 Å². The van der Waals surface area contributed by atoms with E-state index in [0.717, 1.165) is 0 Å². The van der Waals surface area contributed by atoms with E-state index >= 15 is 0 Å². The predicted octanol–water partition coefficient (Wildman–Crippen LogP) is 1.56. The number of carboxylic acid groups (broad SMARTS) is 1. The number of Topliss-reactive ketones (excluding diaryl/α,β-unsaturated/α-hetero) is 1. The van der Waals surface area contributed by atoms with Crippen LogP contribution in [0.2, 0.25) is 0 Å². The highest BCUT2D eigenvalue weighted by Gasteiger charge is 2.12. The van der Waals surface area contributed by atoms with Crippen LogP contribution in [0.15, 0.2) is 30.7 Å². The highest BCUT2D eigenvalue weighted by molar-refractivity contribution is 6.05. The maximum atomic E-state index is 11.9. The first-order valence-corrected chi connectivity index (χ1v) is 5.66. The molecular formula is C13H11N3O4. The number of aromatic amines is 1. The molecule has 0 radical (unpaired) electrons.